The molecule has 0 unspecified atom stereocenters. The van der Waals surface area contributed by atoms with E-state index in [9.17, 15) is 0 Å². The Bertz CT molecular complexity index is 658. The van der Waals surface area contributed by atoms with Gasteiger partial charge in [0.05, 0.1) is 5.52 Å². The second kappa shape index (κ2) is 2.57. The number of benzene rings is 1. The molecule has 0 amide bonds. The van der Waals surface area contributed by atoms with Gasteiger partial charge < -0.3 is 14.9 Å². The van der Waals surface area contributed by atoms with Gasteiger partial charge >= 0.3 is 0 Å². The molecule has 2 heterocycles. The predicted molar refractivity (Wildman–Crippen MR) is 63.8 cm³/mol. The van der Waals surface area contributed by atoms with Crippen LogP contribution in [0.1, 0.15) is 0 Å². The highest BCUT2D eigenvalue weighted by Crippen LogP contribution is 2.32. The monoisotopic (exact) mass is 199 g/mol. The molecule has 3 rings (SSSR count). The summed E-state index contributed by atoms with van der Waals surface area (Å²) in [6, 6.07) is 8.34. The third-order valence-corrected chi connectivity index (χ3v) is 3.10. The van der Waals surface area contributed by atoms with E-state index in [0.717, 1.165) is 11.2 Å². The summed E-state index contributed by atoms with van der Waals surface area (Å²) in [5.74, 6) is 0.835. The smallest absolute Gasteiger partial charge is 0.113 e. The van der Waals surface area contributed by atoms with E-state index in [1.165, 1.54) is 16.4 Å². The van der Waals surface area contributed by atoms with Crippen LogP contribution in [0.25, 0.3) is 21.8 Å². The zero-order chi connectivity index (χ0) is 10.6. The number of rotatable bonds is 0. The van der Waals surface area contributed by atoms with Gasteiger partial charge in [-0.1, -0.05) is 18.2 Å². The van der Waals surface area contributed by atoms with Crippen LogP contribution in [0.2, 0.25) is 0 Å². The van der Waals surface area contributed by atoms with Gasteiger partial charge in [0.25, 0.3) is 0 Å². The molecule has 0 aliphatic heterocycles. The molecule has 3 aromatic rings. The average Bonchev–Trinajstić information content (AvgIpc) is 2.68. The Morgan fingerprint density at radius 2 is 1.80 bits per heavy atom. The lowest BCUT2D eigenvalue weighted by atomic mass is 10.2. The van der Waals surface area contributed by atoms with Crippen molar-refractivity contribution >= 4 is 27.6 Å². The lowest BCUT2D eigenvalue weighted by molar-refractivity contribution is 0.932. The first-order valence-corrected chi connectivity index (χ1v) is 4.98. The molecule has 3 heteroatoms. The molecule has 0 aliphatic rings. The molecule has 1 aromatic carbocycles. The van der Waals surface area contributed by atoms with Crippen molar-refractivity contribution in [2.75, 3.05) is 5.73 Å². The number of nitrogens with zero attached hydrogens (tertiary/aromatic N) is 2. The number of aryl methyl sites for hydroxylation is 2. The highest BCUT2D eigenvalue weighted by molar-refractivity contribution is 6.13. The Morgan fingerprint density at radius 3 is 2.60 bits per heavy atom. The number of hydrogen-bond acceptors (Lipinski definition) is 1. The van der Waals surface area contributed by atoms with Crippen molar-refractivity contribution in [3.63, 3.8) is 0 Å². The highest BCUT2D eigenvalue weighted by Gasteiger charge is 2.12. The maximum Gasteiger partial charge on any atom is 0.113 e. The summed E-state index contributed by atoms with van der Waals surface area (Å²) in [5.41, 5.74) is 8.49. The quantitative estimate of drug-likeness (QED) is 0.592. The Hall–Kier alpha value is -1.90. The van der Waals surface area contributed by atoms with Crippen LogP contribution in [0.15, 0.2) is 30.5 Å². The van der Waals surface area contributed by atoms with Crippen LogP contribution in [-0.2, 0) is 14.1 Å². The number of nitrogens with two attached hydrogens (primary N) is 1. The molecule has 0 spiro atoms. The molecular weight excluding hydrogens is 186 g/mol. The van der Waals surface area contributed by atoms with Crippen molar-refractivity contribution in [2.24, 2.45) is 14.1 Å². The van der Waals surface area contributed by atoms with E-state index in [1.54, 1.807) is 0 Å². The van der Waals surface area contributed by atoms with Crippen LogP contribution in [-0.4, -0.2) is 9.13 Å². The maximum absolute atomic E-state index is 6.07. The van der Waals surface area contributed by atoms with Gasteiger partial charge in [0.2, 0.25) is 0 Å². The summed E-state index contributed by atoms with van der Waals surface area (Å²) in [4.78, 5) is 0. The molecule has 2 N–H and O–H groups in total. The van der Waals surface area contributed by atoms with Gasteiger partial charge in [0.1, 0.15) is 5.82 Å². The van der Waals surface area contributed by atoms with Gasteiger partial charge in [-0.05, 0) is 6.07 Å². The minimum atomic E-state index is 0.835. The molecule has 0 saturated heterocycles. The summed E-state index contributed by atoms with van der Waals surface area (Å²) in [5, 5.41) is 2.39. The Labute approximate surface area is 87.7 Å². The SMILES string of the molecule is Cn1cc2c(c1N)c1ccccc1n2C. The third kappa shape index (κ3) is 0.897. The fourth-order valence-corrected chi connectivity index (χ4v) is 2.26. The summed E-state index contributed by atoms with van der Waals surface area (Å²) < 4.78 is 4.15. The molecule has 0 radical (unpaired) electrons. The van der Waals surface area contributed by atoms with Crippen molar-refractivity contribution in [2.45, 2.75) is 0 Å². The lowest BCUT2D eigenvalue weighted by Gasteiger charge is -1.98. The van der Waals surface area contributed by atoms with Crippen molar-refractivity contribution in [3.05, 3.63) is 30.5 Å². The topological polar surface area (TPSA) is 35.9 Å². The van der Waals surface area contributed by atoms with Gasteiger partial charge in [-0.2, -0.15) is 0 Å². The first kappa shape index (κ1) is 8.41. The average molecular weight is 199 g/mol. The van der Waals surface area contributed by atoms with Crippen LogP contribution in [0.5, 0.6) is 0 Å². The number of hydrogen-bond donors (Lipinski definition) is 1. The summed E-state index contributed by atoms with van der Waals surface area (Å²) in [7, 11) is 4.05. The first-order chi connectivity index (χ1) is 7.20. The summed E-state index contributed by atoms with van der Waals surface area (Å²) in [6.45, 7) is 0. The zero-order valence-corrected chi connectivity index (χ0v) is 8.86. The van der Waals surface area contributed by atoms with E-state index in [0.29, 0.717) is 0 Å². The molecule has 3 nitrogen and oxygen atoms in total. The molecule has 0 atom stereocenters. The van der Waals surface area contributed by atoms with Crippen molar-refractivity contribution in [1.82, 2.24) is 9.13 Å². The number of para-hydroxylation sites is 1. The highest BCUT2D eigenvalue weighted by atomic mass is 15.1. The fraction of sp³-hybridized carbons (Fsp3) is 0.167. The number of fused-ring (bicyclic) bond motifs is 3. The third-order valence-electron chi connectivity index (χ3n) is 3.10. The van der Waals surface area contributed by atoms with Gasteiger partial charge in [-0.15, -0.1) is 0 Å². The molecule has 0 aliphatic carbocycles. The molecular formula is C12H13N3. The number of anilines is 1. The molecule has 76 valence electrons. The molecule has 15 heavy (non-hydrogen) atoms. The van der Waals surface area contributed by atoms with E-state index < -0.39 is 0 Å². The summed E-state index contributed by atoms with van der Waals surface area (Å²) in [6.07, 6.45) is 2.07. The second-order valence-corrected chi connectivity index (χ2v) is 3.96. The normalized spacial score (nSPS) is 11.6. The molecule has 0 fully saturated rings. The van der Waals surface area contributed by atoms with Crippen LogP contribution < -0.4 is 5.73 Å². The van der Waals surface area contributed by atoms with Crippen molar-refractivity contribution in [3.8, 4) is 0 Å². The maximum atomic E-state index is 6.07. The number of aromatic nitrogens is 2. The van der Waals surface area contributed by atoms with E-state index in [4.69, 9.17) is 5.73 Å². The van der Waals surface area contributed by atoms with Crippen LogP contribution >= 0.6 is 0 Å². The minimum Gasteiger partial charge on any atom is -0.385 e. The lowest BCUT2D eigenvalue weighted by Crippen LogP contribution is -1.94. The van der Waals surface area contributed by atoms with Crippen molar-refractivity contribution < 1.29 is 0 Å². The number of nitrogen functional groups attached to an aromatic ring is 1. The molecule has 0 saturated carbocycles. The van der Waals surface area contributed by atoms with Crippen LogP contribution in [0, 0.1) is 0 Å². The van der Waals surface area contributed by atoms with Gasteiger partial charge in [-0.25, -0.2) is 0 Å². The standard InChI is InChI=1S/C12H13N3/c1-14-7-10-11(12(14)13)8-5-3-4-6-9(8)15(10)2/h3-7H,13H2,1-2H3. The fourth-order valence-electron chi connectivity index (χ4n) is 2.26. The van der Waals surface area contributed by atoms with E-state index in [-0.39, 0.29) is 0 Å². The second-order valence-electron chi connectivity index (χ2n) is 3.96. The van der Waals surface area contributed by atoms with Crippen molar-refractivity contribution in [1.29, 1.82) is 0 Å². The van der Waals surface area contributed by atoms with Crippen LogP contribution in [0.4, 0.5) is 5.82 Å². The van der Waals surface area contributed by atoms with Gasteiger partial charge in [0, 0.05) is 36.6 Å². The van der Waals surface area contributed by atoms with Gasteiger partial charge in [0.15, 0.2) is 0 Å². The largest absolute Gasteiger partial charge is 0.385 e. The minimum absolute atomic E-state index is 0.835. The molecule has 0 bridgehead atoms. The van der Waals surface area contributed by atoms with Gasteiger partial charge in [-0.3, -0.25) is 0 Å². The zero-order valence-electron chi connectivity index (χ0n) is 8.86. The Kier molecular flexibility index (Phi) is 1.44. The van der Waals surface area contributed by atoms with E-state index in [1.807, 2.05) is 17.7 Å². The van der Waals surface area contributed by atoms with E-state index in [2.05, 4.69) is 36.0 Å². The van der Waals surface area contributed by atoms with Crippen LogP contribution in [0.3, 0.4) is 0 Å². The molecule has 2 aromatic heterocycles. The Morgan fingerprint density at radius 1 is 1.07 bits per heavy atom. The van der Waals surface area contributed by atoms with E-state index >= 15 is 0 Å². The summed E-state index contributed by atoms with van der Waals surface area (Å²) >= 11 is 0. The first-order valence-electron chi connectivity index (χ1n) is 4.98. The Balaban J connectivity index is 2.68. The predicted octanol–water partition coefficient (Wildman–Crippen LogP) is 2.25.